The summed E-state index contributed by atoms with van der Waals surface area (Å²) in [7, 11) is 0. The summed E-state index contributed by atoms with van der Waals surface area (Å²) in [5, 5.41) is 13.4. The zero-order valence-electron chi connectivity index (χ0n) is 10.9. The average Bonchev–Trinajstić information content (AvgIpc) is 2.38. The molecule has 1 atom stereocenters. The van der Waals surface area contributed by atoms with Gasteiger partial charge in [0.1, 0.15) is 0 Å². The summed E-state index contributed by atoms with van der Waals surface area (Å²) in [5.74, 6) is 0.517. The molecule has 0 aromatic heterocycles. The topological polar surface area (TPSA) is 72.2 Å². The summed E-state index contributed by atoms with van der Waals surface area (Å²) in [5.41, 5.74) is 0.378. The zero-order valence-corrected chi connectivity index (χ0v) is 11.7. The third-order valence-electron chi connectivity index (χ3n) is 2.88. The second kappa shape index (κ2) is 7.09. The molecule has 1 rings (SSSR count). The molecular weight excluding hydrogens is 268 g/mol. The first-order chi connectivity index (χ1) is 8.95. The number of nitro groups is 1. The van der Waals surface area contributed by atoms with Gasteiger partial charge in [-0.05, 0) is 24.5 Å². The number of carbonyl (C=O) groups excluding carboxylic acids is 1. The van der Waals surface area contributed by atoms with E-state index < -0.39 is 4.92 Å². The smallest absolute Gasteiger partial charge is 0.269 e. The highest BCUT2D eigenvalue weighted by Crippen LogP contribution is 2.13. The van der Waals surface area contributed by atoms with Crippen molar-refractivity contribution in [3.63, 3.8) is 0 Å². The van der Waals surface area contributed by atoms with Crippen molar-refractivity contribution in [1.82, 2.24) is 5.32 Å². The van der Waals surface area contributed by atoms with Gasteiger partial charge in [0, 0.05) is 29.6 Å². The third kappa shape index (κ3) is 4.52. The molecule has 1 N–H and O–H groups in total. The molecule has 1 unspecified atom stereocenters. The van der Waals surface area contributed by atoms with E-state index in [2.05, 4.69) is 5.32 Å². The van der Waals surface area contributed by atoms with E-state index in [0.717, 1.165) is 0 Å². The van der Waals surface area contributed by atoms with Crippen molar-refractivity contribution in [1.29, 1.82) is 0 Å². The Bertz CT molecular complexity index is 446. The van der Waals surface area contributed by atoms with Gasteiger partial charge in [-0.2, -0.15) is 0 Å². The van der Waals surface area contributed by atoms with E-state index in [4.69, 9.17) is 11.6 Å². The van der Waals surface area contributed by atoms with Crippen LogP contribution in [0.1, 0.15) is 30.6 Å². The normalized spacial score (nSPS) is 12.2. The lowest BCUT2D eigenvalue weighted by Crippen LogP contribution is -2.38. The second-order valence-electron chi connectivity index (χ2n) is 4.61. The molecular formula is C13H17ClN2O3. The molecule has 5 nitrogen and oxygen atoms in total. The van der Waals surface area contributed by atoms with Crippen molar-refractivity contribution >= 4 is 23.2 Å². The van der Waals surface area contributed by atoms with E-state index in [1.54, 1.807) is 0 Å². The van der Waals surface area contributed by atoms with Gasteiger partial charge < -0.3 is 5.32 Å². The highest BCUT2D eigenvalue weighted by atomic mass is 35.5. The number of halogens is 1. The Kier molecular flexibility index (Phi) is 5.76. The van der Waals surface area contributed by atoms with Crippen molar-refractivity contribution < 1.29 is 9.72 Å². The molecule has 1 aromatic rings. The van der Waals surface area contributed by atoms with Crippen LogP contribution in [-0.4, -0.2) is 22.8 Å². The van der Waals surface area contributed by atoms with Crippen molar-refractivity contribution in [2.45, 2.75) is 26.3 Å². The Hall–Kier alpha value is -1.62. The van der Waals surface area contributed by atoms with Gasteiger partial charge in [-0.25, -0.2) is 0 Å². The van der Waals surface area contributed by atoms with Crippen molar-refractivity contribution in [3.8, 4) is 0 Å². The second-order valence-corrected chi connectivity index (χ2v) is 4.98. The lowest BCUT2D eigenvalue weighted by atomic mass is 10.0. The Morgan fingerprint density at radius 1 is 1.37 bits per heavy atom. The first kappa shape index (κ1) is 15.4. The zero-order chi connectivity index (χ0) is 14.4. The quantitative estimate of drug-likeness (QED) is 0.496. The molecule has 0 saturated carbocycles. The van der Waals surface area contributed by atoms with E-state index in [1.165, 1.54) is 24.3 Å². The number of nitrogens with zero attached hydrogens (tertiary/aromatic N) is 1. The Labute approximate surface area is 117 Å². The number of hydrogen-bond donors (Lipinski definition) is 1. The molecule has 1 aromatic carbocycles. The number of nitrogens with one attached hydrogen (secondary N) is 1. The molecule has 0 saturated heterocycles. The molecule has 0 aliphatic rings. The van der Waals surface area contributed by atoms with E-state index in [1.807, 2.05) is 13.8 Å². The number of benzene rings is 1. The van der Waals surface area contributed by atoms with Gasteiger partial charge in [0.15, 0.2) is 0 Å². The summed E-state index contributed by atoms with van der Waals surface area (Å²) in [6.07, 6.45) is 0.692. The minimum absolute atomic E-state index is 0.000178. The minimum Gasteiger partial charge on any atom is -0.349 e. The van der Waals surface area contributed by atoms with E-state index >= 15 is 0 Å². The summed E-state index contributed by atoms with van der Waals surface area (Å²) in [6.45, 7) is 4.01. The van der Waals surface area contributed by atoms with Crippen LogP contribution in [0.2, 0.25) is 0 Å². The van der Waals surface area contributed by atoms with Crippen LogP contribution < -0.4 is 5.32 Å². The van der Waals surface area contributed by atoms with Gasteiger partial charge in [-0.1, -0.05) is 13.8 Å². The third-order valence-corrected chi connectivity index (χ3v) is 3.10. The van der Waals surface area contributed by atoms with Crippen LogP contribution in [0.3, 0.4) is 0 Å². The number of rotatable bonds is 6. The van der Waals surface area contributed by atoms with Gasteiger partial charge in [0.05, 0.1) is 4.92 Å². The molecule has 0 radical (unpaired) electrons. The van der Waals surface area contributed by atoms with E-state index in [-0.39, 0.29) is 23.6 Å². The van der Waals surface area contributed by atoms with E-state index in [9.17, 15) is 14.9 Å². The maximum Gasteiger partial charge on any atom is 0.269 e. The number of hydrogen-bond acceptors (Lipinski definition) is 3. The predicted octanol–water partition coefficient (Wildman–Crippen LogP) is 2.98. The number of non-ortho nitro benzene ring substituents is 1. The van der Waals surface area contributed by atoms with Crippen LogP contribution in [0.4, 0.5) is 5.69 Å². The molecule has 1 amide bonds. The Balaban J connectivity index is 2.74. The van der Waals surface area contributed by atoms with Crippen LogP contribution in [-0.2, 0) is 0 Å². The highest BCUT2D eigenvalue weighted by Gasteiger charge is 2.17. The fourth-order valence-corrected chi connectivity index (χ4v) is 1.91. The molecule has 0 fully saturated rings. The number of carbonyl (C=O) groups is 1. The van der Waals surface area contributed by atoms with Crippen LogP contribution in [0.5, 0.6) is 0 Å². The number of amides is 1. The maximum absolute atomic E-state index is 12.0. The largest absolute Gasteiger partial charge is 0.349 e. The monoisotopic (exact) mass is 284 g/mol. The predicted molar refractivity (Wildman–Crippen MR) is 74.5 cm³/mol. The summed E-state index contributed by atoms with van der Waals surface area (Å²) < 4.78 is 0. The summed E-state index contributed by atoms with van der Waals surface area (Å²) >= 11 is 5.70. The Morgan fingerprint density at radius 3 is 2.37 bits per heavy atom. The lowest BCUT2D eigenvalue weighted by Gasteiger charge is -2.21. The van der Waals surface area contributed by atoms with Crippen LogP contribution in [0, 0.1) is 16.0 Å². The van der Waals surface area contributed by atoms with Gasteiger partial charge in [-0.3, -0.25) is 14.9 Å². The van der Waals surface area contributed by atoms with Gasteiger partial charge >= 0.3 is 0 Å². The van der Waals surface area contributed by atoms with Crippen LogP contribution in [0.25, 0.3) is 0 Å². The first-order valence-corrected chi connectivity index (χ1v) is 6.60. The first-order valence-electron chi connectivity index (χ1n) is 6.07. The van der Waals surface area contributed by atoms with Gasteiger partial charge in [-0.15, -0.1) is 11.6 Å². The molecule has 0 bridgehead atoms. The molecule has 104 valence electrons. The molecule has 0 heterocycles. The van der Waals surface area contributed by atoms with Gasteiger partial charge in [0.2, 0.25) is 0 Å². The van der Waals surface area contributed by atoms with Crippen LogP contribution in [0.15, 0.2) is 24.3 Å². The number of nitro benzene ring substituents is 1. The average molecular weight is 285 g/mol. The molecule has 0 aliphatic carbocycles. The van der Waals surface area contributed by atoms with Gasteiger partial charge in [0.25, 0.3) is 11.6 Å². The Morgan fingerprint density at radius 2 is 1.95 bits per heavy atom. The maximum atomic E-state index is 12.0. The van der Waals surface area contributed by atoms with Crippen molar-refractivity contribution in [2.24, 2.45) is 5.92 Å². The highest BCUT2D eigenvalue weighted by molar-refractivity contribution is 6.17. The molecule has 0 aliphatic heterocycles. The minimum atomic E-state index is -0.494. The molecule has 0 spiro atoms. The van der Waals surface area contributed by atoms with E-state index in [0.29, 0.717) is 17.9 Å². The SMILES string of the molecule is CC(C)C(CCCl)NC(=O)c1ccc([N+](=O)[O-])cc1. The lowest BCUT2D eigenvalue weighted by molar-refractivity contribution is -0.384. The molecule has 19 heavy (non-hydrogen) atoms. The van der Waals surface area contributed by atoms with Crippen LogP contribution >= 0.6 is 11.6 Å². The molecule has 6 heteroatoms. The van der Waals surface area contributed by atoms with Crippen molar-refractivity contribution in [3.05, 3.63) is 39.9 Å². The fraction of sp³-hybridized carbons (Fsp3) is 0.462. The standard InChI is InChI=1S/C13H17ClN2O3/c1-9(2)12(7-8-14)15-13(17)10-3-5-11(6-4-10)16(18)19/h3-6,9,12H,7-8H2,1-2H3,(H,15,17). The number of alkyl halides is 1. The van der Waals surface area contributed by atoms with Crippen molar-refractivity contribution in [2.75, 3.05) is 5.88 Å². The fourth-order valence-electron chi connectivity index (χ4n) is 1.68. The summed E-state index contributed by atoms with van der Waals surface area (Å²) in [6, 6.07) is 5.54. The summed E-state index contributed by atoms with van der Waals surface area (Å²) in [4.78, 5) is 22.0.